The maximum atomic E-state index is 6.40. The summed E-state index contributed by atoms with van der Waals surface area (Å²) in [5.41, 5.74) is 14.4. The molecule has 276 valence electrons. The third-order valence-electron chi connectivity index (χ3n) is 10.9. The molecule has 0 saturated carbocycles. The Balaban J connectivity index is 1.01. The van der Waals surface area contributed by atoms with Crippen molar-refractivity contribution < 1.29 is 4.42 Å². The Bertz CT molecular complexity index is 3050. The van der Waals surface area contributed by atoms with E-state index in [1.807, 2.05) is 66.7 Å². The van der Waals surface area contributed by atoms with Crippen LogP contribution >= 0.6 is 0 Å². The predicted molar refractivity (Wildman–Crippen MR) is 240 cm³/mol. The van der Waals surface area contributed by atoms with Crippen LogP contribution in [-0.4, -0.2) is 15.0 Å². The zero-order chi connectivity index (χ0) is 39.0. The van der Waals surface area contributed by atoms with E-state index in [0.29, 0.717) is 17.5 Å². The van der Waals surface area contributed by atoms with E-state index in [-0.39, 0.29) is 0 Å². The number of hydrogen-bond acceptors (Lipinski definition) is 5. The van der Waals surface area contributed by atoms with E-state index in [2.05, 4.69) is 140 Å². The van der Waals surface area contributed by atoms with Crippen LogP contribution < -0.4 is 4.90 Å². The van der Waals surface area contributed by atoms with E-state index < -0.39 is 0 Å². The summed E-state index contributed by atoms with van der Waals surface area (Å²) in [6.45, 7) is 6.65. The molecule has 7 aromatic carbocycles. The Kier molecular flexibility index (Phi) is 8.88. The Morgan fingerprint density at radius 3 is 1.95 bits per heavy atom. The minimum atomic E-state index is 0.566. The summed E-state index contributed by atoms with van der Waals surface area (Å²) in [6, 6.07) is 56.7. The minimum Gasteiger partial charge on any atom is -0.455 e. The molecule has 0 N–H and O–H groups in total. The molecule has 2 aromatic heterocycles. The van der Waals surface area contributed by atoms with Gasteiger partial charge in [-0.2, -0.15) is 0 Å². The Hall–Kier alpha value is -7.63. The van der Waals surface area contributed by atoms with Gasteiger partial charge in [-0.15, -0.1) is 0 Å². The Labute approximate surface area is 337 Å². The van der Waals surface area contributed by atoms with Gasteiger partial charge in [0.15, 0.2) is 17.5 Å². The molecular formula is C53H38N4O. The molecule has 0 spiro atoms. The zero-order valence-corrected chi connectivity index (χ0v) is 32.0. The second kappa shape index (κ2) is 14.8. The molecule has 0 aliphatic carbocycles. The molecule has 3 heterocycles. The van der Waals surface area contributed by atoms with Crippen LogP contribution in [0.2, 0.25) is 0 Å². The fraction of sp³-hybridized carbons (Fsp3) is 0.0377. The van der Waals surface area contributed by atoms with Crippen LogP contribution in [-0.2, 0) is 6.42 Å². The summed E-state index contributed by atoms with van der Waals surface area (Å²) in [4.78, 5) is 17.3. The van der Waals surface area contributed by atoms with E-state index in [0.717, 1.165) is 73.1 Å². The number of hydrogen-bond donors (Lipinski definition) is 0. The van der Waals surface area contributed by atoms with Crippen molar-refractivity contribution in [2.24, 2.45) is 0 Å². The summed E-state index contributed by atoms with van der Waals surface area (Å²) in [5, 5.41) is 2.10. The number of aryl methyl sites for hydroxylation is 1. The van der Waals surface area contributed by atoms with Crippen LogP contribution in [0.4, 0.5) is 11.4 Å². The topological polar surface area (TPSA) is 55.1 Å². The van der Waals surface area contributed by atoms with Gasteiger partial charge in [-0.05, 0) is 82.3 Å². The van der Waals surface area contributed by atoms with Crippen molar-refractivity contribution in [3.63, 3.8) is 0 Å². The maximum absolute atomic E-state index is 6.40. The summed E-state index contributed by atoms with van der Waals surface area (Å²) in [7, 11) is 0. The molecule has 0 bridgehead atoms. The van der Waals surface area contributed by atoms with Crippen molar-refractivity contribution in [3.05, 3.63) is 206 Å². The van der Waals surface area contributed by atoms with Gasteiger partial charge in [0.1, 0.15) is 11.2 Å². The molecule has 10 rings (SSSR count). The van der Waals surface area contributed by atoms with Crippen molar-refractivity contribution in [2.45, 2.75) is 13.3 Å². The van der Waals surface area contributed by atoms with Gasteiger partial charge >= 0.3 is 0 Å². The molecule has 58 heavy (non-hydrogen) atoms. The smallest absolute Gasteiger partial charge is 0.167 e. The first-order valence-electron chi connectivity index (χ1n) is 19.6. The van der Waals surface area contributed by atoms with Gasteiger partial charge in [0, 0.05) is 39.4 Å². The second-order valence-corrected chi connectivity index (χ2v) is 14.4. The fourth-order valence-corrected chi connectivity index (χ4v) is 7.88. The van der Waals surface area contributed by atoms with E-state index in [1.54, 1.807) is 0 Å². The van der Waals surface area contributed by atoms with Crippen LogP contribution in [0.1, 0.15) is 18.1 Å². The molecular weight excluding hydrogens is 709 g/mol. The lowest BCUT2D eigenvalue weighted by atomic mass is 9.94. The molecule has 0 unspecified atom stereocenters. The second-order valence-electron chi connectivity index (χ2n) is 14.4. The molecule has 1 aliphatic heterocycles. The van der Waals surface area contributed by atoms with Gasteiger partial charge < -0.3 is 9.32 Å². The van der Waals surface area contributed by atoms with Crippen molar-refractivity contribution in [1.29, 1.82) is 0 Å². The third kappa shape index (κ3) is 6.39. The van der Waals surface area contributed by atoms with Crippen LogP contribution in [0.3, 0.4) is 0 Å². The number of anilines is 2. The van der Waals surface area contributed by atoms with Crippen LogP contribution in [0.5, 0.6) is 0 Å². The highest BCUT2D eigenvalue weighted by Gasteiger charge is 2.19. The SMILES string of the molecule is C=C1/C=C\C=C/N(c2ccc(-c3ccc(-c4nc(-c5ccccc5)nc(-c5cccc6c5oc5ccccc56)n4)cc3)c(CC)c2)c2ccc(-c3ccccc3)cc21. The summed E-state index contributed by atoms with van der Waals surface area (Å²) in [6.07, 6.45) is 9.22. The molecule has 0 atom stereocenters. The average molecular weight is 747 g/mol. The predicted octanol–water partition coefficient (Wildman–Crippen LogP) is 13.9. The number of furan rings is 1. The van der Waals surface area contributed by atoms with Gasteiger partial charge in [0.05, 0.1) is 11.3 Å². The molecule has 9 aromatic rings. The standard InChI is InChI=1S/C53H38N4O/c1-3-36-33-42(57-32-13-12-15-35(2)47-34-41(28-31-48(47)57)37-16-6-4-7-17-37)29-30-43(36)38-24-26-40(27-25-38)52-54-51(39-18-8-5-9-19-39)55-53(56-52)46-22-14-21-45-44-20-10-11-23-49(44)58-50(45)46/h4-34H,2-3H2,1H3/b15-12-,32-13-. The lowest BCUT2D eigenvalue weighted by molar-refractivity contribution is 0.669. The van der Waals surface area contributed by atoms with E-state index in [1.165, 1.54) is 22.3 Å². The number of rotatable bonds is 7. The van der Waals surface area contributed by atoms with Crippen molar-refractivity contribution in [2.75, 3.05) is 4.90 Å². The largest absolute Gasteiger partial charge is 0.455 e. The molecule has 5 heteroatoms. The van der Waals surface area contributed by atoms with Gasteiger partial charge in [-0.3, -0.25) is 0 Å². The molecule has 0 saturated heterocycles. The van der Waals surface area contributed by atoms with Crippen molar-refractivity contribution in [1.82, 2.24) is 15.0 Å². The molecule has 0 radical (unpaired) electrons. The normalized spacial score (nSPS) is 13.6. The number of benzene rings is 7. The monoisotopic (exact) mass is 746 g/mol. The lowest BCUT2D eigenvalue weighted by Crippen LogP contribution is -2.12. The summed E-state index contributed by atoms with van der Waals surface area (Å²) >= 11 is 0. The zero-order valence-electron chi connectivity index (χ0n) is 32.0. The van der Waals surface area contributed by atoms with Crippen LogP contribution in [0.15, 0.2) is 199 Å². The molecule has 0 amide bonds. The van der Waals surface area contributed by atoms with E-state index in [4.69, 9.17) is 19.4 Å². The van der Waals surface area contributed by atoms with Crippen LogP contribution in [0.25, 0.3) is 83.9 Å². The first-order valence-corrected chi connectivity index (χ1v) is 19.6. The highest BCUT2D eigenvalue weighted by Crippen LogP contribution is 2.40. The third-order valence-corrected chi connectivity index (χ3v) is 10.9. The molecule has 5 nitrogen and oxygen atoms in total. The van der Waals surface area contributed by atoms with Gasteiger partial charge in [0.25, 0.3) is 0 Å². The first kappa shape index (κ1) is 34.8. The van der Waals surface area contributed by atoms with Crippen LogP contribution in [0, 0.1) is 0 Å². The van der Waals surface area contributed by atoms with Crippen molar-refractivity contribution >= 4 is 38.9 Å². The molecule has 1 aliphatic rings. The number of para-hydroxylation sites is 2. The van der Waals surface area contributed by atoms with Gasteiger partial charge in [0.2, 0.25) is 0 Å². The number of nitrogens with zero attached hydrogens (tertiary/aromatic N) is 4. The highest BCUT2D eigenvalue weighted by molar-refractivity contribution is 6.09. The first-order chi connectivity index (χ1) is 28.6. The average Bonchev–Trinajstić information content (AvgIpc) is 3.68. The van der Waals surface area contributed by atoms with Crippen molar-refractivity contribution in [3.8, 4) is 56.4 Å². The van der Waals surface area contributed by atoms with E-state index >= 15 is 0 Å². The summed E-state index contributed by atoms with van der Waals surface area (Å²) in [5.74, 6) is 1.77. The van der Waals surface area contributed by atoms with Gasteiger partial charge in [-0.1, -0.05) is 153 Å². The Morgan fingerprint density at radius 2 is 1.17 bits per heavy atom. The molecule has 0 fully saturated rings. The van der Waals surface area contributed by atoms with E-state index in [9.17, 15) is 0 Å². The highest BCUT2D eigenvalue weighted by atomic mass is 16.3. The Morgan fingerprint density at radius 1 is 0.517 bits per heavy atom. The van der Waals surface area contributed by atoms with Gasteiger partial charge in [-0.25, -0.2) is 15.0 Å². The minimum absolute atomic E-state index is 0.566. The lowest BCUT2D eigenvalue weighted by Gasteiger charge is -2.26. The number of aromatic nitrogens is 3. The summed E-state index contributed by atoms with van der Waals surface area (Å²) < 4.78 is 6.40. The quantitative estimate of drug-likeness (QED) is 0.163. The maximum Gasteiger partial charge on any atom is 0.167 e. The number of allylic oxidation sites excluding steroid dienone is 4. The fourth-order valence-electron chi connectivity index (χ4n) is 7.88. The number of fused-ring (bicyclic) bond motifs is 4.